The summed E-state index contributed by atoms with van der Waals surface area (Å²) in [6, 6.07) is 34.7. The topological polar surface area (TPSA) is 17.1 Å². The minimum Gasteiger partial charge on any atom is -1.00 e. The van der Waals surface area contributed by atoms with Crippen molar-refractivity contribution < 1.29 is 26.2 Å². The number of Topliss-reactive ketones (excluding diaryl/α,β-unsaturated/α-hetero) is 1. The summed E-state index contributed by atoms with van der Waals surface area (Å²) >= 11 is 5.83. The molecule has 31 heavy (non-hydrogen) atoms. The molecule has 1 nitrogen and oxygen atoms in total. The molecule has 0 aliphatic rings. The average Bonchev–Trinajstić information content (AvgIpc) is 2.81. The van der Waals surface area contributed by atoms with Crippen LogP contribution in [-0.2, 0) is 0 Å². The summed E-state index contributed by atoms with van der Waals surface area (Å²) in [7, 11) is -2.31. The largest absolute Gasteiger partial charge is 1.00 e. The lowest BCUT2D eigenvalue weighted by molar-refractivity contribution is -0.0000140. The van der Waals surface area contributed by atoms with E-state index in [4.69, 9.17) is 11.6 Å². The highest BCUT2D eigenvalue weighted by atomic mass is 79.9. The number of hydrogen-bond acceptors (Lipinski definition) is 1. The van der Waals surface area contributed by atoms with Gasteiger partial charge in [-0.3, -0.25) is 4.79 Å². The molecular formula is C26H20BrClFOP. The number of ketones is 1. The molecule has 0 aliphatic carbocycles. The lowest BCUT2D eigenvalue weighted by Crippen LogP contribution is -3.00. The predicted octanol–water partition coefficient (Wildman–Crippen LogP) is 2.66. The van der Waals surface area contributed by atoms with E-state index >= 15 is 0 Å². The van der Waals surface area contributed by atoms with E-state index in [1.54, 1.807) is 6.07 Å². The van der Waals surface area contributed by atoms with Crippen molar-refractivity contribution in [2.24, 2.45) is 0 Å². The molecule has 0 spiro atoms. The third-order valence-corrected chi connectivity index (χ3v) is 9.82. The molecule has 0 fully saturated rings. The minimum absolute atomic E-state index is 0. The van der Waals surface area contributed by atoms with Crippen LogP contribution in [0.3, 0.4) is 0 Å². The number of benzene rings is 4. The Morgan fingerprint density at radius 2 is 1.13 bits per heavy atom. The Kier molecular flexibility index (Phi) is 7.78. The molecule has 0 atom stereocenters. The lowest BCUT2D eigenvalue weighted by Gasteiger charge is -2.27. The zero-order valence-electron chi connectivity index (χ0n) is 16.6. The van der Waals surface area contributed by atoms with E-state index in [1.807, 2.05) is 54.6 Å². The van der Waals surface area contributed by atoms with Crippen LogP contribution in [0.1, 0.15) is 10.4 Å². The molecule has 4 aromatic carbocycles. The Morgan fingerprint density at radius 1 is 0.710 bits per heavy atom. The number of rotatable bonds is 6. The third-order valence-electron chi connectivity index (χ3n) is 5.21. The predicted molar refractivity (Wildman–Crippen MR) is 126 cm³/mol. The first-order chi connectivity index (χ1) is 14.6. The van der Waals surface area contributed by atoms with Crippen molar-refractivity contribution >= 4 is 40.6 Å². The summed E-state index contributed by atoms with van der Waals surface area (Å²) < 4.78 is 14.1. The van der Waals surface area contributed by atoms with Gasteiger partial charge in [-0.2, -0.15) is 0 Å². The normalized spacial score (nSPS) is 10.9. The molecule has 4 aromatic rings. The maximum Gasteiger partial charge on any atom is 0.201 e. The van der Waals surface area contributed by atoms with Gasteiger partial charge in [0, 0.05) is 5.56 Å². The van der Waals surface area contributed by atoms with Crippen LogP contribution in [0, 0.1) is 5.82 Å². The molecule has 0 N–H and O–H groups in total. The Morgan fingerprint density at radius 3 is 1.52 bits per heavy atom. The fourth-order valence-electron chi connectivity index (χ4n) is 3.74. The number of hydrogen-bond donors (Lipinski definition) is 0. The van der Waals surface area contributed by atoms with Crippen LogP contribution in [0.15, 0.2) is 109 Å². The fraction of sp³-hybridized carbons (Fsp3) is 0.0385. The SMILES string of the molecule is O=C(C[P+](c1ccccc1)(c1ccccc1)c1ccccc1)c1ccc(Cl)c(F)c1.[Br-]. The van der Waals surface area contributed by atoms with Crippen LogP contribution in [0.2, 0.25) is 5.02 Å². The van der Waals surface area contributed by atoms with Gasteiger partial charge in [-0.25, -0.2) is 4.39 Å². The number of carbonyl (C=O) groups excluding carboxylic acids is 1. The maximum atomic E-state index is 14.1. The monoisotopic (exact) mass is 512 g/mol. The first kappa shape index (κ1) is 23.3. The molecule has 0 bridgehead atoms. The second-order valence-electron chi connectivity index (χ2n) is 7.03. The van der Waals surface area contributed by atoms with E-state index in [9.17, 15) is 9.18 Å². The quantitative estimate of drug-likeness (QED) is 0.286. The van der Waals surface area contributed by atoms with Gasteiger partial charge in [0.2, 0.25) is 5.78 Å². The molecular weight excluding hydrogens is 494 g/mol. The molecule has 0 saturated carbocycles. The van der Waals surface area contributed by atoms with Crippen molar-refractivity contribution in [2.45, 2.75) is 0 Å². The summed E-state index contributed by atoms with van der Waals surface area (Å²) in [5.74, 6) is -0.680. The molecule has 0 amide bonds. The molecule has 5 heteroatoms. The van der Waals surface area contributed by atoms with Gasteiger partial charge in [0.25, 0.3) is 0 Å². The highest BCUT2D eigenvalue weighted by molar-refractivity contribution is 7.96. The van der Waals surface area contributed by atoms with Crippen molar-refractivity contribution in [3.05, 3.63) is 126 Å². The second-order valence-corrected chi connectivity index (χ2v) is 10.9. The van der Waals surface area contributed by atoms with E-state index < -0.39 is 13.1 Å². The lowest BCUT2D eigenvalue weighted by atomic mass is 10.1. The Balaban J connectivity index is 0.00000272. The summed E-state index contributed by atoms with van der Waals surface area (Å²) in [4.78, 5) is 13.5. The van der Waals surface area contributed by atoms with Gasteiger partial charge >= 0.3 is 0 Å². The highest BCUT2D eigenvalue weighted by Gasteiger charge is 2.47. The van der Waals surface area contributed by atoms with E-state index in [1.165, 1.54) is 12.1 Å². The van der Waals surface area contributed by atoms with Gasteiger partial charge < -0.3 is 17.0 Å². The second kappa shape index (κ2) is 10.3. The zero-order chi connectivity index (χ0) is 21.0. The summed E-state index contributed by atoms with van der Waals surface area (Å²) in [5, 5.41) is 3.36. The Hall–Kier alpha value is -2.32. The molecule has 0 unspecified atom stereocenters. The summed E-state index contributed by atoms with van der Waals surface area (Å²) in [6.07, 6.45) is 0.270. The Bertz CT molecular complexity index is 1060. The first-order valence-corrected chi connectivity index (χ1v) is 12.0. The van der Waals surface area contributed by atoms with Gasteiger partial charge in [-0.05, 0) is 54.6 Å². The van der Waals surface area contributed by atoms with Gasteiger partial charge in [0.1, 0.15) is 35.2 Å². The van der Waals surface area contributed by atoms with Crippen LogP contribution in [-0.4, -0.2) is 11.9 Å². The van der Waals surface area contributed by atoms with Crippen molar-refractivity contribution in [1.29, 1.82) is 0 Å². The molecule has 4 rings (SSSR count). The van der Waals surface area contributed by atoms with E-state index in [0.29, 0.717) is 5.56 Å². The molecule has 0 aromatic heterocycles. The van der Waals surface area contributed by atoms with Crippen molar-refractivity contribution in [3.8, 4) is 0 Å². The zero-order valence-corrected chi connectivity index (χ0v) is 19.8. The minimum atomic E-state index is -2.31. The average molecular weight is 514 g/mol. The number of carbonyl (C=O) groups is 1. The first-order valence-electron chi connectivity index (χ1n) is 9.64. The molecule has 0 radical (unpaired) electrons. The van der Waals surface area contributed by atoms with E-state index in [2.05, 4.69) is 36.4 Å². The maximum absolute atomic E-state index is 14.1. The Labute approximate surface area is 198 Å². The standard InChI is InChI=1S/C26H20ClFOP.BrH/c27-24-17-16-20(18-25(24)28)26(29)19-30(21-10-4-1-5-11-21,22-12-6-2-7-13-22)23-14-8-3-9-15-23;/h1-18H,19H2;1H/q+1;/p-1. The molecule has 0 aliphatic heterocycles. The van der Waals surface area contributed by atoms with Crippen molar-refractivity contribution in [3.63, 3.8) is 0 Å². The van der Waals surface area contributed by atoms with Gasteiger partial charge in [-0.1, -0.05) is 66.2 Å². The fourth-order valence-corrected chi connectivity index (χ4v) is 7.96. The van der Waals surface area contributed by atoms with Crippen LogP contribution in [0.4, 0.5) is 4.39 Å². The van der Waals surface area contributed by atoms with Gasteiger partial charge in [0.05, 0.1) is 5.02 Å². The summed E-state index contributed by atoms with van der Waals surface area (Å²) in [5.41, 5.74) is 0.337. The van der Waals surface area contributed by atoms with E-state index in [0.717, 1.165) is 15.9 Å². The molecule has 156 valence electrons. The smallest absolute Gasteiger partial charge is 0.201 e. The van der Waals surface area contributed by atoms with Crippen molar-refractivity contribution in [1.82, 2.24) is 0 Å². The summed E-state index contributed by atoms with van der Waals surface area (Å²) in [6.45, 7) is 0. The van der Waals surface area contributed by atoms with Crippen molar-refractivity contribution in [2.75, 3.05) is 6.16 Å². The molecule has 0 heterocycles. The highest BCUT2D eigenvalue weighted by Crippen LogP contribution is 2.55. The van der Waals surface area contributed by atoms with Crippen LogP contribution < -0.4 is 32.9 Å². The van der Waals surface area contributed by atoms with Crippen LogP contribution in [0.25, 0.3) is 0 Å². The van der Waals surface area contributed by atoms with E-state index in [-0.39, 0.29) is 33.9 Å². The molecule has 0 saturated heterocycles. The third kappa shape index (κ3) is 4.80. The van der Waals surface area contributed by atoms with Gasteiger partial charge in [-0.15, -0.1) is 0 Å². The number of halogens is 3. The van der Waals surface area contributed by atoms with Crippen LogP contribution in [0.5, 0.6) is 0 Å². The van der Waals surface area contributed by atoms with Gasteiger partial charge in [0.15, 0.2) is 0 Å². The van der Waals surface area contributed by atoms with Crippen LogP contribution >= 0.6 is 18.9 Å².